The first kappa shape index (κ1) is 16.7. The van der Waals surface area contributed by atoms with E-state index in [-0.39, 0.29) is 25.5 Å². The molecule has 0 aliphatic rings. The third-order valence-corrected chi connectivity index (χ3v) is 3.40. The normalized spacial score (nSPS) is 10.1. The number of nitrogens with one attached hydrogen (secondary N) is 1. The Bertz CT molecular complexity index is 555. The van der Waals surface area contributed by atoms with Gasteiger partial charge in [0.15, 0.2) is 0 Å². The second kappa shape index (κ2) is 8.04. The number of carboxylic acid groups (broad SMARTS) is 1. The Kier molecular flexibility index (Phi) is 6.71. The number of rotatable bonds is 6. The molecule has 1 rings (SSSR count). The van der Waals surface area contributed by atoms with Crippen LogP contribution in [-0.4, -0.2) is 41.5 Å². The highest BCUT2D eigenvalue weighted by Gasteiger charge is 2.14. The van der Waals surface area contributed by atoms with Crippen LogP contribution in [-0.2, 0) is 9.59 Å². The van der Waals surface area contributed by atoms with Crippen LogP contribution >= 0.6 is 31.9 Å². The van der Waals surface area contributed by atoms with Crippen LogP contribution in [0.4, 0.5) is 5.69 Å². The average molecular weight is 404 g/mol. The van der Waals surface area contributed by atoms with Gasteiger partial charge in [0, 0.05) is 8.95 Å². The molecule has 0 radical (unpaired) electrons. The molecule has 20 heavy (non-hydrogen) atoms. The second-order valence-corrected chi connectivity index (χ2v) is 5.69. The summed E-state index contributed by atoms with van der Waals surface area (Å²) in [7, 11) is 0. The van der Waals surface area contributed by atoms with Crippen molar-refractivity contribution in [1.29, 1.82) is 0 Å². The van der Waals surface area contributed by atoms with Crippen molar-refractivity contribution in [2.75, 3.05) is 25.0 Å². The number of carbonyl (C=O) groups is 2. The molecule has 1 aromatic rings. The third-order valence-electron chi connectivity index (χ3n) is 2.25. The van der Waals surface area contributed by atoms with E-state index in [0.29, 0.717) is 5.69 Å². The summed E-state index contributed by atoms with van der Waals surface area (Å²) in [6.07, 6.45) is 5.15. The number of halogens is 2. The molecule has 106 valence electrons. The Morgan fingerprint density at radius 1 is 1.35 bits per heavy atom. The van der Waals surface area contributed by atoms with E-state index in [1.165, 1.54) is 4.90 Å². The molecule has 0 heterocycles. The van der Waals surface area contributed by atoms with E-state index in [9.17, 15) is 9.59 Å². The zero-order valence-electron chi connectivity index (χ0n) is 10.4. The summed E-state index contributed by atoms with van der Waals surface area (Å²) in [5, 5.41) is 11.4. The predicted octanol–water partition coefficient (Wildman–Crippen LogP) is 2.17. The standard InChI is InChI=1S/C13H12Br2N2O3/c1-2-5-17(8-13(19)20)7-12(18)16-11-4-3-9(14)6-10(11)15/h1,3-4,6H,5,7-8H2,(H,16,18)(H,19,20). The van der Waals surface area contributed by atoms with Gasteiger partial charge in [-0.2, -0.15) is 0 Å². The average Bonchev–Trinajstić information content (AvgIpc) is 2.32. The predicted molar refractivity (Wildman–Crippen MR) is 83.4 cm³/mol. The monoisotopic (exact) mass is 402 g/mol. The van der Waals surface area contributed by atoms with Crippen LogP contribution < -0.4 is 5.32 Å². The lowest BCUT2D eigenvalue weighted by atomic mass is 10.3. The lowest BCUT2D eigenvalue weighted by Gasteiger charge is -2.17. The van der Waals surface area contributed by atoms with Gasteiger partial charge in [0.1, 0.15) is 0 Å². The van der Waals surface area contributed by atoms with Crippen molar-refractivity contribution in [3.63, 3.8) is 0 Å². The van der Waals surface area contributed by atoms with Gasteiger partial charge in [-0.3, -0.25) is 14.5 Å². The molecule has 0 unspecified atom stereocenters. The number of anilines is 1. The number of amides is 1. The second-order valence-electron chi connectivity index (χ2n) is 3.92. The Morgan fingerprint density at radius 3 is 2.60 bits per heavy atom. The van der Waals surface area contributed by atoms with Crippen molar-refractivity contribution in [3.05, 3.63) is 27.1 Å². The minimum atomic E-state index is -1.03. The fraction of sp³-hybridized carbons (Fsp3) is 0.231. The molecule has 0 fully saturated rings. The van der Waals surface area contributed by atoms with Crippen molar-refractivity contribution in [1.82, 2.24) is 4.90 Å². The zero-order chi connectivity index (χ0) is 15.1. The van der Waals surface area contributed by atoms with Gasteiger partial charge in [0.25, 0.3) is 0 Å². The van der Waals surface area contributed by atoms with Gasteiger partial charge in [-0.05, 0) is 34.1 Å². The van der Waals surface area contributed by atoms with Crippen LogP contribution in [0.5, 0.6) is 0 Å². The van der Waals surface area contributed by atoms with E-state index in [1.54, 1.807) is 18.2 Å². The summed E-state index contributed by atoms with van der Waals surface area (Å²) in [5.41, 5.74) is 0.606. The van der Waals surface area contributed by atoms with Crippen LogP contribution in [0.25, 0.3) is 0 Å². The smallest absolute Gasteiger partial charge is 0.317 e. The summed E-state index contributed by atoms with van der Waals surface area (Å²) in [6.45, 7) is -0.265. The molecule has 2 N–H and O–H groups in total. The quantitative estimate of drug-likeness (QED) is 0.714. The van der Waals surface area contributed by atoms with Crippen molar-refractivity contribution >= 4 is 49.4 Å². The number of aliphatic carboxylic acids is 1. The van der Waals surface area contributed by atoms with Crippen molar-refractivity contribution in [2.45, 2.75) is 0 Å². The largest absolute Gasteiger partial charge is 0.480 e. The summed E-state index contributed by atoms with van der Waals surface area (Å²) in [5.74, 6) is 0.969. The summed E-state index contributed by atoms with van der Waals surface area (Å²) in [4.78, 5) is 23.9. The molecule has 1 amide bonds. The number of hydrogen-bond donors (Lipinski definition) is 2. The molecule has 0 aliphatic carbocycles. The van der Waals surface area contributed by atoms with Gasteiger partial charge in [0.2, 0.25) is 5.91 Å². The first-order valence-corrected chi connectivity index (χ1v) is 7.13. The molecule has 1 aromatic carbocycles. The number of carboxylic acids is 1. The molecule has 5 nitrogen and oxygen atoms in total. The van der Waals surface area contributed by atoms with Gasteiger partial charge in [-0.25, -0.2) is 0 Å². The van der Waals surface area contributed by atoms with Crippen LogP contribution in [0.1, 0.15) is 0 Å². The highest BCUT2D eigenvalue weighted by atomic mass is 79.9. The first-order chi connectivity index (χ1) is 9.42. The van der Waals surface area contributed by atoms with Gasteiger partial charge in [-0.15, -0.1) is 6.42 Å². The Balaban J connectivity index is 2.65. The fourth-order valence-electron chi connectivity index (χ4n) is 1.47. The van der Waals surface area contributed by atoms with E-state index in [1.807, 2.05) is 0 Å². The van der Waals surface area contributed by atoms with Gasteiger partial charge in [-0.1, -0.05) is 21.9 Å². The van der Waals surface area contributed by atoms with E-state index in [2.05, 4.69) is 43.1 Å². The topological polar surface area (TPSA) is 69.6 Å². The summed E-state index contributed by atoms with van der Waals surface area (Å²) >= 11 is 6.64. The van der Waals surface area contributed by atoms with Crippen LogP contribution in [0.3, 0.4) is 0 Å². The maximum atomic E-state index is 11.9. The van der Waals surface area contributed by atoms with E-state index >= 15 is 0 Å². The molecule has 0 aliphatic heterocycles. The highest BCUT2D eigenvalue weighted by molar-refractivity contribution is 9.11. The minimum absolute atomic E-state index is 0.0843. The van der Waals surface area contributed by atoms with Crippen molar-refractivity contribution in [2.24, 2.45) is 0 Å². The van der Waals surface area contributed by atoms with Gasteiger partial charge >= 0.3 is 5.97 Å². The van der Waals surface area contributed by atoms with Crippen LogP contribution in [0.2, 0.25) is 0 Å². The van der Waals surface area contributed by atoms with E-state index in [4.69, 9.17) is 11.5 Å². The maximum Gasteiger partial charge on any atom is 0.317 e. The number of benzene rings is 1. The van der Waals surface area contributed by atoms with E-state index in [0.717, 1.165) is 8.95 Å². The number of terminal acetylenes is 1. The third kappa shape index (κ3) is 5.74. The number of nitrogens with zero attached hydrogens (tertiary/aromatic N) is 1. The summed E-state index contributed by atoms with van der Waals surface area (Å²) in [6, 6.07) is 5.32. The summed E-state index contributed by atoms with van der Waals surface area (Å²) < 4.78 is 1.60. The molecule has 0 saturated carbocycles. The highest BCUT2D eigenvalue weighted by Crippen LogP contribution is 2.26. The molecule has 0 bridgehead atoms. The van der Waals surface area contributed by atoms with Crippen molar-refractivity contribution < 1.29 is 14.7 Å². The molecule has 7 heteroatoms. The Labute approximate surface area is 133 Å². The minimum Gasteiger partial charge on any atom is -0.480 e. The van der Waals surface area contributed by atoms with E-state index < -0.39 is 5.97 Å². The fourth-order valence-corrected chi connectivity index (χ4v) is 2.62. The van der Waals surface area contributed by atoms with Gasteiger partial charge < -0.3 is 10.4 Å². The van der Waals surface area contributed by atoms with Crippen molar-refractivity contribution in [3.8, 4) is 12.3 Å². The number of hydrogen-bond acceptors (Lipinski definition) is 3. The lowest BCUT2D eigenvalue weighted by Crippen LogP contribution is -2.37. The maximum absolute atomic E-state index is 11.9. The molecule has 0 atom stereocenters. The number of carbonyl (C=O) groups excluding carboxylic acids is 1. The molecule has 0 saturated heterocycles. The zero-order valence-corrected chi connectivity index (χ0v) is 13.6. The SMILES string of the molecule is C#CCN(CC(=O)O)CC(=O)Nc1ccc(Br)cc1Br. The first-order valence-electron chi connectivity index (χ1n) is 5.55. The lowest BCUT2D eigenvalue weighted by molar-refractivity contribution is -0.138. The molecule has 0 spiro atoms. The van der Waals surface area contributed by atoms with Crippen LogP contribution in [0.15, 0.2) is 27.1 Å². The Morgan fingerprint density at radius 2 is 2.05 bits per heavy atom. The molecular formula is C13H12Br2N2O3. The Hall–Kier alpha value is -1.36. The van der Waals surface area contributed by atoms with Crippen LogP contribution in [0, 0.1) is 12.3 Å². The van der Waals surface area contributed by atoms with Gasteiger partial charge in [0.05, 0.1) is 25.3 Å². The molecule has 0 aromatic heterocycles. The molecular weight excluding hydrogens is 392 g/mol.